The zero-order chi connectivity index (χ0) is 12.6. The van der Waals surface area contributed by atoms with Crippen LogP contribution in [0, 0.1) is 13.8 Å². The Bertz CT molecular complexity index is 398. The van der Waals surface area contributed by atoms with Crippen molar-refractivity contribution in [2.24, 2.45) is 5.73 Å². The summed E-state index contributed by atoms with van der Waals surface area (Å²) in [7, 11) is 0. The van der Waals surface area contributed by atoms with Gasteiger partial charge in [0.25, 0.3) is 0 Å². The molecule has 1 heterocycles. The van der Waals surface area contributed by atoms with Crippen LogP contribution in [-0.4, -0.2) is 23.5 Å². The van der Waals surface area contributed by atoms with E-state index in [-0.39, 0.29) is 6.04 Å². The molecule has 94 valence electrons. The minimum absolute atomic E-state index is 0.276. The van der Waals surface area contributed by atoms with E-state index in [4.69, 9.17) is 5.73 Å². The zero-order valence-corrected chi connectivity index (χ0v) is 11.4. The van der Waals surface area contributed by atoms with Gasteiger partial charge in [0, 0.05) is 18.6 Å². The Morgan fingerprint density at radius 1 is 1.29 bits per heavy atom. The molecule has 0 bridgehead atoms. The maximum atomic E-state index is 6.32. The number of benzene rings is 1. The molecule has 2 heteroatoms. The van der Waals surface area contributed by atoms with Crippen LogP contribution in [-0.2, 0) is 0 Å². The standard InChI is InChI=1S/C15H24N2/c1-10(2)17-9-8-14(16)15(17)13-7-5-6-11(3)12(13)4/h5-7,10,14-15H,8-9,16H2,1-4H3. The molecule has 0 amide bonds. The van der Waals surface area contributed by atoms with Crippen molar-refractivity contribution in [2.75, 3.05) is 6.54 Å². The number of nitrogens with two attached hydrogens (primary N) is 1. The maximum Gasteiger partial charge on any atom is 0.0505 e. The fourth-order valence-corrected chi connectivity index (χ4v) is 2.92. The molecule has 17 heavy (non-hydrogen) atoms. The second-order valence-electron chi connectivity index (χ2n) is 5.52. The summed E-state index contributed by atoms with van der Waals surface area (Å²) in [5.74, 6) is 0. The third-order valence-electron chi connectivity index (χ3n) is 4.11. The molecule has 1 fully saturated rings. The van der Waals surface area contributed by atoms with E-state index in [1.54, 1.807) is 0 Å². The molecule has 1 aromatic carbocycles. The smallest absolute Gasteiger partial charge is 0.0505 e. The van der Waals surface area contributed by atoms with E-state index in [1.165, 1.54) is 16.7 Å². The predicted octanol–water partition coefficient (Wildman–Crippen LogP) is 2.79. The van der Waals surface area contributed by atoms with E-state index in [1.807, 2.05) is 0 Å². The molecule has 0 aromatic heterocycles. The Morgan fingerprint density at radius 2 is 2.00 bits per heavy atom. The number of nitrogens with zero attached hydrogens (tertiary/aromatic N) is 1. The first-order valence-corrected chi connectivity index (χ1v) is 6.59. The number of hydrogen-bond acceptors (Lipinski definition) is 2. The molecule has 2 nitrogen and oxygen atoms in total. The van der Waals surface area contributed by atoms with Gasteiger partial charge in [-0.1, -0.05) is 18.2 Å². The van der Waals surface area contributed by atoms with Gasteiger partial charge in [0.15, 0.2) is 0 Å². The van der Waals surface area contributed by atoms with E-state index < -0.39 is 0 Å². The SMILES string of the molecule is Cc1cccc(C2C(N)CCN2C(C)C)c1C. The van der Waals surface area contributed by atoms with Crippen LogP contribution in [0.2, 0.25) is 0 Å². The molecule has 0 saturated carbocycles. The van der Waals surface area contributed by atoms with Crippen molar-refractivity contribution in [1.29, 1.82) is 0 Å². The Balaban J connectivity index is 2.40. The largest absolute Gasteiger partial charge is 0.326 e. The Morgan fingerprint density at radius 3 is 2.65 bits per heavy atom. The minimum Gasteiger partial charge on any atom is -0.326 e. The van der Waals surface area contributed by atoms with Gasteiger partial charge in [-0.3, -0.25) is 4.90 Å². The van der Waals surface area contributed by atoms with Crippen molar-refractivity contribution >= 4 is 0 Å². The van der Waals surface area contributed by atoms with Gasteiger partial charge in [0.2, 0.25) is 0 Å². The third kappa shape index (κ3) is 2.24. The first kappa shape index (κ1) is 12.6. The zero-order valence-electron chi connectivity index (χ0n) is 11.4. The second-order valence-corrected chi connectivity index (χ2v) is 5.52. The number of likely N-dealkylation sites (tertiary alicyclic amines) is 1. The lowest BCUT2D eigenvalue weighted by atomic mass is 9.93. The van der Waals surface area contributed by atoms with Gasteiger partial charge in [0.05, 0.1) is 6.04 Å². The molecule has 1 saturated heterocycles. The van der Waals surface area contributed by atoms with E-state index in [2.05, 4.69) is 50.8 Å². The summed E-state index contributed by atoms with van der Waals surface area (Å²) in [6.07, 6.45) is 1.11. The van der Waals surface area contributed by atoms with Crippen LogP contribution in [0.25, 0.3) is 0 Å². The summed E-state index contributed by atoms with van der Waals surface area (Å²) in [6.45, 7) is 10.0. The van der Waals surface area contributed by atoms with Crippen LogP contribution in [0.5, 0.6) is 0 Å². The summed E-state index contributed by atoms with van der Waals surface area (Å²) < 4.78 is 0. The lowest BCUT2D eigenvalue weighted by molar-refractivity contribution is 0.197. The van der Waals surface area contributed by atoms with Crippen LogP contribution < -0.4 is 5.73 Å². The highest BCUT2D eigenvalue weighted by Gasteiger charge is 2.35. The maximum absolute atomic E-state index is 6.32. The lowest BCUT2D eigenvalue weighted by Crippen LogP contribution is -2.36. The van der Waals surface area contributed by atoms with Crippen molar-refractivity contribution in [3.8, 4) is 0 Å². The van der Waals surface area contributed by atoms with E-state index in [0.717, 1.165) is 13.0 Å². The summed E-state index contributed by atoms with van der Waals surface area (Å²) in [5, 5.41) is 0. The molecule has 2 atom stereocenters. The van der Waals surface area contributed by atoms with Gasteiger partial charge in [-0.2, -0.15) is 0 Å². The minimum atomic E-state index is 0.276. The summed E-state index contributed by atoms with van der Waals surface area (Å²) in [4.78, 5) is 2.53. The topological polar surface area (TPSA) is 29.3 Å². The quantitative estimate of drug-likeness (QED) is 0.849. The molecular weight excluding hydrogens is 208 g/mol. The number of aryl methyl sites for hydroxylation is 1. The van der Waals surface area contributed by atoms with Gasteiger partial charge in [0.1, 0.15) is 0 Å². The van der Waals surface area contributed by atoms with Crippen molar-refractivity contribution in [1.82, 2.24) is 4.90 Å². The highest BCUT2D eigenvalue weighted by Crippen LogP contribution is 2.35. The summed E-state index contributed by atoms with van der Waals surface area (Å²) >= 11 is 0. The van der Waals surface area contributed by atoms with Gasteiger partial charge in [-0.25, -0.2) is 0 Å². The molecule has 1 aliphatic heterocycles. The van der Waals surface area contributed by atoms with Gasteiger partial charge in [-0.15, -0.1) is 0 Å². The first-order chi connectivity index (χ1) is 8.02. The lowest BCUT2D eigenvalue weighted by Gasteiger charge is -2.31. The molecular formula is C15H24N2. The average Bonchev–Trinajstić information content (AvgIpc) is 2.65. The Labute approximate surface area is 105 Å². The van der Waals surface area contributed by atoms with Crippen LogP contribution in [0.4, 0.5) is 0 Å². The van der Waals surface area contributed by atoms with Crippen LogP contribution in [0.15, 0.2) is 18.2 Å². The molecule has 2 N–H and O–H groups in total. The molecule has 0 aliphatic carbocycles. The van der Waals surface area contributed by atoms with Crippen molar-refractivity contribution < 1.29 is 0 Å². The van der Waals surface area contributed by atoms with Crippen LogP contribution in [0.3, 0.4) is 0 Å². The molecule has 1 aliphatic rings. The van der Waals surface area contributed by atoms with Crippen molar-refractivity contribution in [3.63, 3.8) is 0 Å². The van der Waals surface area contributed by atoms with Crippen molar-refractivity contribution in [3.05, 3.63) is 34.9 Å². The van der Waals surface area contributed by atoms with Crippen LogP contribution >= 0.6 is 0 Å². The summed E-state index contributed by atoms with van der Waals surface area (Å²) in [5.41, 5.74) is 10.5. The number of hydrogen-bond donors (Lipinski definition) is 1. The first-order valence-electron chi connectivity index (χ1n) is 6.59. The van der Waals surface area contributed by atoms with Gasteiger partial charge < -0.3 is 5.73 Å². The number of rotatable bonds is 2. The third-order valence-corrected chi connectivity index (χ3v) is 4.11. The molecule has 1 aromatic rings. The fourth-order valence-electron chi connectivity index (χ4n) is 2.92. The van der Waals surface area contributed by atoms with E-state index in [0.29, 0.717) is 12.1 Å². The van der Waals surface area contributed by atoms with Gasteiger partial charge in [-0.05, 0) is 50.8 Å². The van der Waals surface area contributed by atoms with Crippen LogP contribution in [0.1, 0.15) is 43.0 Å². The average molecular weight is 232 g/mol. The predicted molar refractivity (Wildman–Crippen MR) is 73.1 cm³/mol. The monoisotopic (exact) mass is 232 g/mol. The molecule has 0 radical (unpaired) electrons. The highest BCUT2D eigenvalue weighted by molar-refractivity contribution is 5.36. The molecule has 0 spiro atoms. The molecule has 2 rings (SSSR count). The van der Waals surface area contributed by atoms with Crippen molar-refractivity contribution in [2.45, 2.75) is 52.2 Å². The normalized spacial score (nSPS) is 25.8. The van der Waals surface area contributed by atoms with E-state index >= 15 is 0 Å². The second kappa shape index (κ2) is 4.79. The highest BCUT2D eigenvalue weighted by atomic mass is 15.2. The Kier molecular flexibility index (Phi) is 3.55. The van der Waals surface area contributed by atoms with E-state index in [9.17, 15) is 0 Å². The fraction of sp³-hybridized carbons (Fsp3) is 0.600. The Hall–Kier alpha value is -0.860. The van der Waals surface area contributed by atoms with Gasteiger partial charge >= 0.3 is 0 Å². The summed E-state index contributed by atoms with van der Waals surface area (Å²) in [6, 6.07) is 7.81. The molecule has 2 unspecified atom stereocenters.